The summed E-state index contributed by atoms with van der Waals surface area (Å²) in [5.74, 6) is 3.64. The Hall–Kier alpha value is -2.29. The number of phenols is 1. The minimum atomic E-state index is -0.666. The van der Waals surface area contributed by atoms with Gasteiger partial charge in [0.15, 0.2) is 0 Å². The molecule has 2 fully saturated rings. The lowest BCUT2D eigenvalue weighted by atomic mass is 9.50. The highest BCUT2D eigenvalue weighted by Crippen LogP contribution is 2.67. The van der Waals surface area contributed by atoms with Crippen molar-refractivity contribution in [1.29, 1.82) is 0 Å². The zero-order valence-electron chi connectivity index (χ0n) is 16.0. The zero-order chi connectivity index (χ0) is 19.3. The molecule has 0 saturated heterocycles. The van der Waals surface area contributed by atoms with Crippen LogP contribution in [0.25, 0.3) is 0 Å². The van der Waals surface area contributed by atoms with Gasteiger partial charge < -0.3 is 10.2 Å². The van der Waals surface area contributed by atoms with Crippen molar-refractivity contribution in [2.24, 2.45) is 47.3 Å². The van der Waals surface area contributed by atoms with Crippen molar-refractivity contribution < 1.29 is 15.0 Å². The van der Waals surface area contributed by atoms with Crippen LogP contribution >= 0.6 is 0 Å². The van der Waals surface area contributed by atoms with E-state index in [1.54, 1.807) is 12.1 Å². The SMILES string of the molecule is O=C(O)C1C=CC2CC3C(CCC=CCc4ccc(O)cc4)C4C=CC1C2C43. The summed E-state index contributed by atoms with van der Waals surface area (Å²) in [6, 6.07) is 7.42. The Bertz CT molecular complexity index is 834. The third-order valence-corrected chi connectivity index (χ3v) is 7.86. The van der Waals surface area contributed by atoms with Gasteiger partial charge in [-0.25, -0.2) is 0 Å². The Labute approximate surface area is 166 Å². The maximum absolute atomic E-state index is 11.6. The molecule has 1 aromatic carbocycles. The quantitative estimate of drug-likeness (QED) is 0.698. The Kier molecular flexibility index (Phi) is 4.41. The molecule has 4 aliphatic rings. The summed E-state index contributed by atoms with van der Waals surface area (Å²) in [4.78, 5) is 11.6. The van der Waals surface area contributed by atoms with Crippen molar-refractivity contribution in [3.05, 3.63) is 66.3 Å². The van der Waals surface area contributed by atoms with Crippen molar-refractivity contribution >= 4 is 5.97 Å². The second-order valence-electron chi connectivity index (χ2n) is 9.09. The lowest BCUT2D eigenvalue weighted by Crippen LogP contribution is -2.50. The van der Waals surface area contributed by atoms with Crippen LogP contribution in [0, 0.1) is 47.3 Å². The second-order valence-corrected chi connectivity index (χ2v) is 9.09. The van der Waals surface area contributed by atoms with Gasteiger partial charge in [0.05, 0.1) is 5.92 Å². The normalized spacial score (nSPS) is 39.7. The average molecular weight is 376 g/mol. The van der Waals surface area contributed by atoms with Gasteiger partial charge in [-0.05, 0) is 84.8 Å². The number of allylic oxidation sites excluding steroid dienone is 5. The number of phenolic OH excluding ortho intramolecular Hbond substituents is 1. The highest BCUT2D eigenvalue weighted by atomic mass is 16.4. The molecule has 3 heteroatoms. The van der Waals surface area contributed by atoms with Gasteiger partial charge in [0.25, 0.3) is 0 Å². The maximum Gasteiger partial charge on any atom is 0.310 e. The van der Waals surface area contributed by atoms with Crippen LogP contribution in [-0.2, 0) is 11.2 Å². The lowest BCUT2D eigenvalue weighted by Gasteiger charge is -2.54. The first kappa shape index (κ1) is 17.8. The van der Waals surface area contributed by atoms with E-state index >= 15 is 0 Å². The number of hydrogen-bond donors (Lipinski definition) is 2. The molecular weight excluding hydrogens is 348 g/mol. The molecule has 0 aliphatic heterocycles. The van der Waals surface area contributed by atoms with Crippen molar-refractivity contribution in [2.75, 3.05) is 0 Å². The molecule has 0 heterocycles. The van der Waals surface area contributed by atoms with Crippen LogP contribution in [0.1, 0.15) is 24.8 Å². The van der Waals surface area contributed by atoms with Gasteiger partial charge in [0.1, 0.15) is 5.75 Å². The van der Waals surface area contributed by atoms with Crippen LogP contribution < -0.4 is 0 Å². The largest absolute Gasteiger partial charge is 0.508 e. The Morgan fingerprint density at radius 1 is 1.00 bits per heavy atom. The van der Waals surface area contributed by atoms with Crippen LogP contribution in [0.5, 0.6) is 5.75 Å². The van der Waals surface area contributed by atoms with E-state index in [1.165, 1.54) is 18.4 Å². The lowest BCUT2D eigenvalue weighted by molar-refractivity contribution is -0.143. The topological polar surface area (TPSA) is 57.5 Å². The second kappa shape index (κ2) is 6.95. The fraction of sp³-hybridized carbons (Fsp3) is 0.480. The van der Waals surface area contributed by atoms with Crippen LogP contribution in [0.3, 0.4) is 0 Å². The molecule has 0 radical (unpaired) electrons. The Morgan fingerprint density at radius 3 is 2.57 bits per heavy atom. The summed E-state index contributed by atoms with van der Waals surface area (Å²) in [5.41, 5.74) is 1.22. The van der Waals surface area contributed by atoms with E-state index < -0.39 is 5.97 Å². The molecule has 0 spiro atoms. The molecule has 5 rings (SSSR count). The van der Waals surface area contributed by atoms with Crippen molar-refractivity contribution in [2.45, 2.75) is 25.7 Å². The van der Waals surface area contributed by atoms with Gasteiger partial charge in [-0.15, -0.1) is 0 Å². The van der Waals surface area contributed by atoms with E-state index in [0.717, 1.165) is 30.6 Å². The Morgan fingerprint density at radius 2 is 1.79 bits per heavy atom. The summed E-state index contributed by atoms with van der Waals surface area (Å²) in [6.45, 7) is 0. The highest BCUT2D eigenvalue weighted by Gasteiger charge is 2.62. The molecule has 146 valence electrons. The fourth-order valence-corrected chi connectivity index (χ4v) is 6.69. The first-order valence-electron chi connectivity index (χ1n) is 10.7. The van der Waals surface area contributed by atoms with Gasteiger partial charge in [0, 0.05) is 0 Å². The van der Waals surface area contributed by atoms with E-state index in [2.05, 4.69) is 30.4 Å². The van der Waals surface area contributed by atoms with E-state index in [0.29, 0.717) is 23.5 Å². The number of rotatable bonds is 6. The van der Waals surface area contributed by atoms with Gasteiger partial charge in [-0.2, -0.15) is 0 Å². The first-order chi connectivity index (χ1) is 13.6. The smallest absolute Gasteiger partial charge is 0.310 e. The summed E-state index contributed by atoms with van der Waals surface area (Å²) in [5, 5.41) is 18.9. The van der Waals surface area contributed by atoms with E-state index in [1.807, 2.05) is 18.2 Å². The summed E-state index contributed by atoms with van der Waals surface area (Å²) in [7, 11) is 0. The third-order valence-electron chi connectivity index (χ3n) is 7.86. The van der Waals surface area contributed by atoms with Crippen LogP contribution in [0.15, 0.2) is 60.7 Å². The van der Waals surface area contributed by atoms with Crippen LogP contribution in [0.2, 0.25) is 0 Å². The zero-order valence-corrected chi connectivity index (χ0v) is 16.0. The molecule has 2 saturated carbocycles. The predicted octanol–water partition coefficient (Wildman–Crippen LogP) is 4.84. The minimum Gasteiger partial charge on any atom is -0.508 e. The predicted molar refractivity (Wildman–Crippen MR) is 109 cm³/mol. The number of hydrogen-bond acceptors (Lipinski definition) is 2. The molecule has 0 aromatic heterocycles. The summed E-state index contributed by atoms with van der Waals surface area (Å²) >= 11 is 0. The third kappa shape index (κ3) is 2.83. The van der Waals surface area contributed by atoms with Gasteiger partial charge >= 0.3 is 5.97 Å². The molecule has 0 bridgehead atoms. The molecule has 8 unspecified atom stereocenters. The monoisotopic (exact) mass is 376 g/mol. The molecule has 0 amide bonds. The van der Waals surface area contributed by atoms with Crippen LogP contribution in [0.4, 0.5) is 0 Å². The van der Waals surface area contributed by atoms with E-state index in [-0.39, 0.29) is 11.8 Å². The number of aliphatic carboxylic acids is 1. The molecule has 1 aromatic rings. The summed E-state index contributed by atoms with van der Waals surface area (Å²) in [6.07, 6.45) is 17.9. The molecule has 2 N–H and O–H groups in total. The van der Waals surface area contributed by atoms with Gasteiger partial charge in [-0.3, -0.25) is 4.79 Å². The van der Waals surface area contributed by atoms with Crippen molar-refractivity contribution in [3.63, 3.8) is 0 Å². The average Bonchev–Trinajstić information content (AvgIpc) is 3.03. The van der Waals surface area contributed by atoms with Crippen LogP contribution in [-0.4, -0.2) is 16.2 Å². The minimum absolute atomic E-state index is 0.213. The fourth-order valence-electron chi connectivity index (χ4n) is 6.69. The molecular formula is C25H28O3. The standard InChI is InChI=1S/C25H28O3/c26-17-9-6-15(7-10-17)4-2-1-3-5-18-19-12-13-20-21(25(27)28)11-8-16-14-22(18)24(19)23(16)20/h1-2,6-13,16,18-24,26H,3-5,14H2,(H,27,28). The van der Waals surface area contributed by atoms with Gasteiger partial charge in [0.2, 0.25) is 0 Å². The molecule has 8 atom stereocenters. The number of aromatic hydroxyl groups is 1. The molecule has 4 aliphatic carbocycles. The maximum atomic E-state index is 11.6. The molecule has 3 nitrogen and oxygen atoms in total. The van der Waals surface area contributed by atoms with Gasteiger partial charge in [-0.1, -0.05) is 48.6 Å². The Balaban J connectivity index is 1.19. The number of carbonyl (C=O) groups is 1. The summed E-state index contributed by atoms with van der Waals surface area (Å²) < 4.78 is 0. The van der Waals surface area contributed by atoms with E-state index in [9.17, 15) is 15.0 Å². The van der Waals surface area contributed by atoms with Crippen molar-refractivity contribution in [1.82, 2.24) is 0 Å². The number of carboxylic acids is 1. The first-order valence-corrected chi connectivity index (χ1v) is 10.7. The number of carboxylic acid groups (broad SMARTS) is 1. The number of benzene rings is 1. The molecule has 28 heavy (non-hydrogen) atoms. The van der Waals surface area contributed by atoms with E-state index in [4.69, 9.17) is 0 Å². The highest BCUT2D eigenvalue weighted by molar-refractivity contribution is 5.73. The van der Waals surface area contributed by atoms with Crippen molar-refractivity contribution in [3.8, 4) is 5.75 Å².